The van der Waals surface area contributed by atoms with Crippen molar-refractivity contribution in [1.82, 2.24) is 0 Å². The highest BCUT2D eigenvalue weighted by molar-refractivity contribution is 9.09. The van der Waals surface area contributed by atoms with E-state index in [9.17, 15) is 0 Å². The fourth-order valence-corrected chi connectivity index (χ4v) is 3.10. The number of alkyl halides is 1. The Labute approximate surface area is 127 Å². The van der Waals surface area contributed by atoms with E-state index in [2.05, 4.69) is 64.5 Å². The third-order valence-corrected chi connectivity index (χ3v) is 4.01. The van der Waals surface area contributed by atoms with Gasteiger partial charge in [-0.15, -0.1) is 0 Å². The summed E-state index contributed by atoms with van der Waals surface area (Å²) in [5, 5.41) is 0.855. The lowest BCUT2D eigenvalue weighted by atomic mass is 9.99. The second kappa shape index (κ2) is 6.08. The van der Waals surface area contributed by atoms with Crippen LogP contribution in [0.3, 0.4) is 0 Å². The Morgan fingerprint density at radius 3 is 2.05 bits per heavy atom. The molecule has 1 saturated heterocycles. The lowest BCUT2D eigenvalue weighted by Gasteiger charge is -2.27. The fraction of sp³-hybridized carbons (Fsp3) is 0.294. The summed E-state index contributed by atoms with van der Waals surface area (Å²) in [7, 11) is 0. The molecule has 0 amide bonds. The van der Waals surface area contributed by atoms with Crippen LogP contribution in [0.5, 0.6) is 0 Å². The minimum absolute atomic E-state index is 0.571. The van der Waals surface area contributed by atoms with Crippen molar-refractivity contribution in [2.45, 2.75) is 12.2 Å². The van der Waals surface area contributed by atoms with Crippen molar-refractivity contribution < 1.29 is 9.47 Å². The summed E-state index contributed by atoms with van der Waals surface area (Å²) >= 11 is 3.48. The van der Waals surface area contributed by atoms with Crippen LogP contribution >= 0.6 is 15.9 Å². The van der Waals surface area contributed by atoms with Gasteiger partial charge in [0.2, 0.25) is 0 Å². The Morgan fingerprint density at radius 2 is 1.45 bits per heavy atom. The molecule has 20 heavy (non-hydrogen) atoms. The zero-order valence-electron chi connectivity index (χ0n) is 11.2. The van der Waals surface area contributed by atoms with Gasteiger partial charge in [-0.3, -0.25) is 0 Å². The van der Waals surface area contributed by atoms with Gasteiger partial charge in [0, 0.05) is 17.3 Å². The number of hydrogen-bond acceptors (Lipinski definition) is 2. The molecule has 1 aliphatic heterocycles. The molecule has 1 heterocycles. The molecule has 2 nitrogen and oxygen atoms in total. The van der Waals surface area contributed by atoms with Crippen LogP contribution < -0.4 is 0 Å². The molecule has 2 aromatic carbocycles. The molecule has 2 aromatic rings. The van der Waals surface area contributed by atoms with Crippen LogP contribution in [-0.2, 0) is 15.3 Å². The van der Waals surface area contributed by atoms with Gasteiger partial charge in [0.05, 0.1) is 13.2 Å². The third kappa shape index (κ3) is 2.66. The van der Waals surface area contributed by atoms with Crippen LogP contribution in [0, 0.1) is 0 Å². The Hall–Kier alpha value is -1.16. The largest absolute Gasteiger partial charge is 0.343 e. The Balaban J connectivity index is 1.89. The van der Waals surface area contributed by atoms with Crippen LogP contribution in [0.25, 0.3) is 11.1 Å². The molecule has 0 unspecified atom stereocenters. The van der Waals surface area contributed by atoms with Gasteiger partial charge < -0.3 is 9.47 Å². The molecule has 104 valence electrons. The van der Waals surface area contributed by atoms with Crippen LogP contribution in [0.2, 0.25) is 0 Å². The lowest BCUT2D eigenvalue weighted by molar-refractivity contribution is -0.166. The maximum absolute atomic E-state index is 5.86. The number of benzene rings is 2. The minimum atomic E-state index is -0.571. The quantitative estimate of drug-likeness (QED) is 0.775. The maximum atomic E-state index is 5.86. The molecular formula is C17H17BrO2. The summed E-state index contributed by atoms with van der Waals surface area (Å²) in [4.78, 5) is 0. The van der Waals surface area contributed by atoms with Crippen molar-refractivity contribution in [2.24, 2.45) is 0 Å². The van der Waals surface area contributed by atoms with E-state index in [1.165, 1.54) is 11.1 Å². The summed E-state index contributed by atoms with van der Waals surface area (Å²) < 4.78 is 11.7. The molecule has 0 atom stereocenters. The van der Waals surface area contributed by atoms with Crippen LogP contribution in [0.4, 0.5) is 0 Å². The molecule has 0 bridgehead atoms. The number of hydrogen-bond donors (Lipinski definition) is 0. The smallest absolute Gasteiger partial charge is 0.195 e. The van der Waals surface area contributed by atoms with Gasteiger partial charge in [-0.2, -0.15) is 0 Å². The molecule has 3 heteroatoms. The molecular weight excluding hydrogens is 316 g/mol. The Morgan fingerprint density at radius 1 is 0.850 bits per heavy atom. The molecule has 0 N–H and O–H groups in total. The lowest BCUT2D eigenvalue weighted by Crippen LogP contribution is -2.27. The van der Waals surface area contributed by atoms with Gasteiger partial charge >= 0.3 is 0 Å². The molecule has 1 aliphatic rings. The zero-order valence-corrected chi connectivity index (χ0v) is 12.8. The monoisotopic (exact) mass is 332 g/mol. The van der Waals surface area contributed by atoms with E-state index in [1.54, 1.807) is 0 Å². The zero-order chi connectivity index (χ0) is 13.8. The molecule has 1 fully saturated rings. The Kier molecular flexibility index (Phi) is 4.20. The van der Waals surface area contributed by atoms with Gasteiger partial charge in [-0.05, 0) is 11.1 Å². The summed E-state index contributed by atoms with van der Waals surface area (Å²) in [6.45, 7) is 1.32. The molecule has 0 radical (unpaired) electrons. The summed E-state index contributed by atoms with van der Waals surface area (Å²) in [5.41, 5.74) is 3.53. The van der Waals surface area contributed by atoms with E-state index in [0.29, 0.717) is 13.2 Å². The van der Waals surface area contributed by atoms with Gasteiger partial charge in [0.25, 0.3) is 0 Å². The van der Waals surface area contributed by atoms with Gasteiger partial charge in [0.15, 0.2) is 5.79 Å². The highest BCUT2D eigenvalue weighted by Gasteiger charge is 2.37. The predicted molar refractivity (Wildman–Crippen MR) is 83.9 cm³/mol. The van der Waals surface area contributed by atoms with Crippen molar-refractivity contribution in [2.75, 3.05) is 18.5 Å². The highest BCUT2D eigenvalue weighted by atomic mass is 79.9. The molecule has 0 saturated carbocycles. The fourth-order valence-electron chi connectivity index (χ4n) is 2.58. The van der Waals surface area contributed by atoms with Crippen molar-refractivity contribution in [1.29, 1.82) is 0 Å². The first-order chi connectivity index (χ1) is 9.84. The van der Waals surface area contributed by atoms with Crippen LogP contribution in [0.1, 0.15) is 12.0 Å². The third-order valence-electron chi connectivity index (χ3n) is 3.61. The van der Waals surface area contributed by atoms with Crippen LogP contribution in [-0.4, -0.2) is 18.5 Å². The average Bonchev–Trinajstić information content (AvgIpc) is 2.99. The minimum Gasteiger partial charge on any atom is -0.343 e. The van der Waals surface area contributed by atoms with Crippen molar-refractivity contribution in [3.63, 3.8) is 0 Å². The summed E-state index contributed by atoms with van der Waals surface area (Å²) in [5.74, 6) is -0.571. The Bertz CT molecular complexity index is 545. The second-order valence-electron chi connectivity index (χ2n) is 4.83. The normalized spacial score (nSPS) is 17.2. The maximum Gasteiger partial charge on any atom is 0.195 e. The van der Waals surface area contributed by atoms with Crippen LogP contribution in [0.15, 0.2) is 54.6 Å². The summed E-state index contributed by atoms with van der Waals surface area (Å²) in [6.07, 6.45) is 0.817. The molecule has 3 rings (SSSR count). The number of ether oxygens (including phenoxy) is 2. The van der Waals surface area contributed by atoms with Gasteiger partial charge in [-0.25, -0.2) is 0 Å². The molecule has 0 spiro atoms. The number of rotatable bonds is 4. The first kappa shape index (κ1) is 13.8. The average molecular weight is 333 g/mol. The van der Waals surface area contributed by atoms with Crippen molar-refractivity contribution in [3.05, 3.63) is 60.2 Å². The molecule has 0 aliphatic carbocycles. The van der Waals surface area contributed by atoms with Crippen molar-refractivity contribution in [3.8, 4) is 11.1 Å². The second-order valence-corrected chi connectivity index (χ2v) is 5.63. The first-order valence-electron chi connectivity index (χ1n) is 6.84. The topological polar surface area (TPSA) is 18.5 Å². The standard InChI is InChI=1S/C17H17BrO2/c18-11-10-17(19-12-13-20-17)16-8-6-15(7-9-16)14-4-2-1-3-5-14/h1-9H,10-13H2. The van der Waals surface area contributed by atoms with E-state index in [-0.39, 0.29) is 0 Å². The first-order valence-corrected chi connectivity index (χ1v) is 7.96. The summed E-state index contributed by atoms with van der Waals surface area (Å²) in [6, 6.07) is 18.8. The molecule has 0 aromatic heterocycles. The van der Waals surface area contributed by atoms with E-state index < -0.39 is 5.79 Å². The van der Waals surface area contributed by atoms with E-state index in [4.69, 9.17) is 9.47 Å². The van der Waals surface area contributed by atoms with E-state index in [1.807, 2.05) is 6.07 Å². The van der Waals surface area contributed by atoms with Gasteiger partial charge in [0.1, 0.15) is 0 Å². The van der Waals surface area contributed by atoms with Gasteiger partial charge in [-0.1, -0.05) is 70.5 Å². The highest BCUT2D eigenvalue weighted by Crippen LogP contribution is 2.36. The SMILES string of the molecule is BrCCC1(c2ccc(-c3ccccc3)cc2)OCCO1. The van der Waals surface area contributed by atoms with Crippen molar-refractivity contribution >= 4 is 15.9 Å². The predicted octanol–water partition coefficient (Wildman–Crippen LogP) is 4.34. The van der Waals surface area contributed by atoms with E-state index in [0.717, 1.165) is 17.3 Å². The van der Waals surface area contributed by atoms with E-state index >= 15 is 0 Å². The number of halogens is 1.